The fraction of sp³-hybridized carbons (Fsp3) is 0.694. The van der Waals surface area contributed by atoms with Gasteiger partial charge in [-0.25, -0.2) is 14.8 Å². The average Bonchev–Trinajstić information content (AvgIpc) is 3.34. The second-order valence-electron chi connectivity index (χ2n) is 15.0. The molecular formula is C36H44F6N2O9. The minimum absolute atomic E-state index is 0.0670. The van der Waals surface area contributed by atoms with Gasteiger partial charge in [-0.05, 0) is 75.1 Å². The summed E-state index contributed by atoms with van der Waals surface area (Å²) in [5.74, 6) is -1.82. The van der Waals surface area contributed by atoms with Gasteiger partial charge >= 0.3 is 24.3 Å². The number of carbonyl (C=O) groups excluding carboxylic acids is 1. The second-order valence-corrected chi connectivity index (χ2v) is 15.0. The van der Waals surface area contributed by atoms with E-state index in [0.29, 0.717) is 37.4 Å². The number of aliphatic hydroxyl groups is 1. The summed E-state index contributed by atoms with van der Waals surface area (Å²) in [4.78, 5) is 37.7. The van der Waals surface area contributed by atoms with Gasteiger partial charge < -0.3 is 29.7 Å². The highest BCUT2D eigenvalue weighted by Crippen LogP contribution is 2.60. The van der Waals surface area contributed by atoms with Crippen LogP contribution < -0.4 is 5.32 Å². The van der Waals surface area contributed by atoms with Crippen molar-refractivity contribution in [1.29, 1.82) is 0 Å². The van der Waals surface area contributed by atoms with Gasteiger partial charge in [0.1, 0.15) is 5.69 Å². The number of benzene rings is 1. The number of para-hydroxylation sites is 1. The fourth-order valence-corrected chi connectivity index (χ4v) is 8.66. The molecule has 5 saturated heterocycles. The first kappa shape index (κ1) is 39.6. The Bertz CT molecular complexity index is 1670. The number of nitrogens with one attached hydrogen (secondary N) is 1. The number of fused-ring (bicyclic) bond motifs is 3. The molecule has 1 aromatic carbocycles. The smallest absolute Gasteiger partial charge is 0.433 e. The second kappa shape index (κ2) is 14.9. The Labute approximate surface area is 301 Å². The van der Waals surface area contributed by atoms with E-state index in [2.05, 4.69) is 17.2 Å². The van der Waals surface area contributed by atoms with Gasteiger partial charge in [0.05, 0.1) is 30.0 Å². The number of alkyl halides is 6. The predicted molar refractivity (Wildman–Crippen MR) is 172 cm³/mol. The molecule has 1 aliphatic carbocycles. The molecule has 1 aromatic heterocycles. The number of carboxylic acid groups (broad SMARTS) is 1. The van der Waals surface area contributed by atoms with Crippen molar-refractivity contribution in [2.75, 3.05) is 6.54 Å². The van der Waals surface area contributed by atoms with Gasteiger partial charge in [-0.2, -0.15) is 26.3 Å². The maximum absolute atomic E-state index is 13.2. The zero-order valence-electron chi connectivity index (χ0n) is 29.5. The Balaban J connectivity index is 0.000000182. The van der Waals surface area contributed by atoms with E-state index in [0.717, 1.165) is 38.2 Å². The third kappa shape index (κ3) is 7.87. The number of pyridine rings is 1. The summed E-state index contributed by atoms with van der Waals surface area (Å²) in [6.07, 6.45) is -7.28. The lowest BCUT2D eigenvalue weighted by Crippen LogP contribution is -2.70. The van der Waals surface area contributed by atoms with Crippen LogP contribution in [0.1, 0.15) is 101 Å². The molecule has 1 saturated carbocycles. The van der Waals surface area contributed by atoms with Gasteiger partial charge in [0, 0.05) is 29.7 Å². The van der Waals surface area contributed by atoms with Crippen molar-refractivity contribution in [3.8, 4) is 0 Å². The van der Waals surface area contributed by atoms with Crippen LogP contribution in [-0.2, 0) is 45.9 Å². The van der Waals surface area contributed by atoms with E-state index in [-0.39, 0.29) is 41.5 Å². The monoisotopic (exact) mass is 762 g/mol. The van der Waals surface area contributed by atoms with Crippen LogP contribution in [0.5, 0.6) is 0 Å². The number of hydrogen-bond acceptors (Lipinski definition) is 10. The van der Waals surface area contributed by atoms with Crippen LogP contribution in [0.2, 0.25) is 0 Å². The number of carbonyl (C=O) groups is 2. The van der Waals surface area contributed by atoms with Crippen molar-refractivity contribution in [2.45, 2.75) is 127 Å². The summed E-state index contributed by atoms with van der Waals surface area (Å²) in [7, 11) is 0. The first-order valence-corrected chi connectivity index (χ1v) is 17.9. The molecule has 8 rings (SSSR count). The summed E-state index contributed by atoms with van der Waals surface area (Å²) < 4.78 is 97.1. The Morgan fingerprint density at radius 2 is 1.77 bits per heavy atom. The minimum atomic E-state index is -4.93. The quantitative estimate of drug-likeness (QED) is 0.158. The van der Waals surface area contributed by atoms with E-state index < -0.39 is 77.2 Å². The molecule has 294 valence electrons. The molecule has 6 heterocycles. The lowest BCUT2D eigenvalue weighted by atomic mass is 9.58. The molecule has 6 aliphatic rings. The number of rotatable bonds is 6. The fourth-order valence-electron chi connectivity index (χ4n) is 8.66. The van der Waals surface area contributed by atoms with Crippen LogP contribution >= 0.6 is 0 Å². The van der Waals surface area contributed by atoms with Crippen molar-refractivity contribution in [1.82, 2.24) is 10.3 Å². The molecule has 0 amide bonds. The normalized spacial score (nSPS) is 34.6. The predicted octanol–water partition coefficient (Wildman–Crippen LogP) is 7.05. The molecule has 2 aromatic rings. The van der Waals surface area contributed by atoms with Gasteiger partial charge in [-0.3, -0.25) is 9.59 Å². The van der Waals surface area contributed by atoms with Crippen molar-refractivity contribution in [3.63, 3.8) is 0 Å². The minimum Gasteiger partial charge on any atom is -0.481 e. The highest BCUT2D eigenvalue weighted by Gasteiger charge is 2.69. The molecule has 17 heteroatoms. The van der Waals surface area contributed by atoms with E-state index in [4.69, 9.17) is 29.1 Å². The molecular weight excluding hydrogens is 718 g/mol. The summed E-state index contributed by atoms with van der Waals surface area (Å²) in [6.45, 7) is 6.65. The highest BCUT2D eigenvalue weighted by molar-refractivity contribution is 5.86. The van der Waals surface area contributed by atoms with Crippen LogP contribution in [0.4, 0.5) is 26.3 Å². The van der Waals surface area contributed by atoms with Crippen LogP contribution in [-0.4, -0.2) is 63.7 Å². The number of carboxylic acids is 1. The maximum atomic E-state index is 13.2. The molecule has 11 nitrogen and oxygen atoms in total. The molecule has 0 radical (unpaired) electrons. The van der Waals surface area contributed by atoms with Gasteiger partial charge in [-0.1, -0.05) is 32.4 Å². The Morgan fingerprint density at radius 3 is 2.43 bits per heavy atom. The number of aromatic nitrogens is 1. The van der Waals surface area contributed by atoms with E-state index in [9.17, 15) is 41.0 Å². The Morgan fingerprint density at radius 1 is 1.02 bits per heavy atom. The number of halogens is 6. The lowest BCUT2D eigenvalue weighted by Gasteiger charge is -2.59. The van der Waals surface area contributed by atoms with Crippen molar-refractivity contribution >= 4 is 22.8 Å². The number of hydrogen-bond donors (Lipinski definition) is 3. The van der Waals surface area contributed by atoms with Crippen LogP contribution in [0.3, 0.4) is 0 Å². The molecule has 0 unspecified atom stereocenters. The number of aliphatic hydroxyl groups excluding tert-OH is 1. The SMILES string of the molecule is C[C@H]1[C@H](OC(=O)CCC(=O)O)O[C@@H]2O[C@@]3(C)CC[C@H]4[C@H](C)CC[C@@H]1[C@@]24OO3.O[C@@H](c1cc(C(F)(F)F)nc2c(C(F)(F)F)cccc12)[C@H]1CCCCN1. The molecule has 53 heavy (non-hydrogen) atoms. The maximum Gasteiger partial charge on any atom is 0.433 e. The largest absolute Gasteiger partial charge is 0.481 e. The third-order valence-corrected chi connectivity index (χ3v) is 11.4. The number of aliphatic carboxylic acids is 1. The number of ether oxygens (including phenoxy) is 3. The third-order valence-electron chi connectivity index (χ3n) is 11.4. The zero-order valence-corrected chi connectivity index (χ0v) is 29.5. The average molecular weight is 763 g/mol. The van der Waals surface area contributed by atoms with Crippen LogP contribution in [0, 0.1) is 23.7 Å². The first-order valence-electron chi connectivity index (χ1n) is 17.9. The van der Waals surface area contributed by atoms with Gasteiger partial charge in [0.25, 0.3) is 0 Å². The van der Waals surface area contributed by atoms with Crippen molar-refractivity contribution in [3.05, 3.63) is 41.1 Å². The summed E-state index contributed by atoms with van der Waals surface area (Å²) in [5, 5.41) is 22.2. The van der Waals surface area contributed by atoms with Gasteiger partial charge in [0.2, 0.25) is 12.1 Å². The summed E-state index contributed by atoms with van der Waals surface area (Å²) >= 11 is 0. The molecule has 5 aliphatic heterocycles. The topological polar surface area (TPSA) is 146 Å². The molecule has 10 atom stereocenters. The van der Waals surface area contributed by atoms with E-state index in [1.165, 1.54) is 6.07 Å². The zero-order chi connectivity index (χ0) is 38.5. The standard InChI is InChI=1S/C19H28O8.C17H16F6N2O/c1-10-4-5-13-11(2)16(23-15(22)7-6-14(20)21)24-17-19(13)12(10)8-9-18(3,25-17)26-27-19;18-16(19,20)11-5-3-4-9-10(15(26)12-6-1-2-7-24-12)8-13(17(21,22)23)25-14(9)11/h10-13,16-17H,4-9H2,1-3H3,(H,20,21);3-5,8,12,15,24,26H,1-2,6-7H2/t10-,11-,12+,13+,16-,17-,18-,19-;12-,15+/m11/s1. The molecule has 2 bridgehead atoms. The lowest BCUT2D eigenvalue weighted by molar-refractivity contribution is -0.576. The van der Waals surface area contributed by atoms with Crippen molar-refractivity contribution in [2.24, 2.45) is 23.7 Å². The molecule has 1 spiro atoms. The Kier molecular flexibility index (Phi) is 11.1. The van der Waals surface area contributed by atoms with E-state index in [1.807, 2.05) is 13.8 Å². The number of piperidine rings is 1. The summed E-state index contributed by atoms with van der Waals surface area (Å²) in [6, 6.07) is 3.16. The van der Waals surface area contributed by atoms with Crippen LogP contribution in [0.15, 0.2) is 24.3 Å². The number of esters is 1. The van der Waals surface area contributed by atoms with Gasteiger partial charge in [-0.15, -0.1) is 0 Å². The first-order chi connectivity index (χ1) is 24.8. The summed E-state index contributed by atoms with van der Waals surface area (Å²) in [5.41, 5.74) is -4.41. The van der Waals surface area contributed by atoms with Gasteiger partial charge in [0.15, 0.2) is 11.9 Å². The Hall–Kier alpha value is -3.09. The number of nitrogens with zero attached hydrogens (tertiary/aromatic N) is 1. The van der Waals surface area contributed by atoms with Crippen molar-refractivity contribution < 1.29 is 70.1 Å². The molecule has 6 fully saturated rings. The highest BCUT2D eigenvalue weighted by atomic mass is 19.4. The van der Waals surface area contributed by atoms with Crippen LogP contribution in [0.25, 0.3) is 10.9 Å². The molecule has 3 N–H and O–H groups in total. The van der Waals surface area contributed by atoms with E-state index in [1.54, 1.807) is 0 Å². The van der Waals surface area contributed by atoms with E-state index >= 15 is 0 Å².